The molecule has 0 unspecified atom stereocenters. The number of nitrogens with zero attached hydrogens (tertiary/aromatic N) is 2. The summed E-state index contributed by atoms with van der Waals surface area (Å²) in [4.78, 5) is 20.5. The molecule has 100 valence electrons. The molecule has 0 aliphatic rings. The Morgan fingerprint density at radius 1 is 1.35 bits per heavy atom. The SMILES string of the molecule is Nc1nc2ccc(C(=O)Nc3ncccc3Br)cc2s1. The summed E-state index contributed by atoms with van der Waals surface area (Å²) in [6.07, 6.45) is 1.62. The predicted octanol–water partition coefficient (Wildman–Crippen LogP) is 3.29. The molecule has 0 radical (unpaired) electrons. The van der Waals surface area contributed by atoms with E-state index in [0.29, 0.717) is 16.5 Å². The maximum Gasteiger partial charge on any atom is 0.256 e. The fourth-order valence-corrected chi connectivity index (χ4v) is 2.87. The number of benzene rings is 1. The van der Waals surface area contributed by atoms with Gasteiger partial charge in [-0.3, -0.25) is 4.79 Å². The van der Waals surface area contributed by atoms with Crippen molar-refractivity contribution in [2.75, 3.05) is 11.1 Å². The molecule has 2 aromatic heterocycles. The Kier molecular flexibility index (Phi) is 3.37. The van der Waals surface area contributed by atoms with Crippen LogP contribution in [0.2, 0.25) is 0 Å². The molecule has 7 heteroatoms. The number of thiazole rings is 1. The lowest BCUT2D eigenvalue weighted by atomic mass is 10.2. The third-order valence-corrected chi connectivity index (χ3v) is 4.14. The molecule has 0 saturated heterocycles. The number of halogens is 1. The molecule has 0 fully saturated rings. The Hall–Kier alpha value is -1.99. The van der Waals surface area contributed by atoms with Gasteiger partial charge in [0.05, 0.1) is 14.7 Å². The lowest BCUT2D eigenvalue weighted by Crippen LogP contribution is -2.13. The first-order chi connectivity index (χ1) is 9.63. The topological polar surface area (TPSA) is 80.9 Å². The van der Waals surface area contributed by atoms with Crippen LogP contribution in [0.1, 0.15) is 10.4 Å². The minimum Gasteiger partial charge on any atom is -0.375 e. The first-order valence-electron chi connectivity index (χ1n) is 5.71. The van der Waals surface area contributed by atoms with Crippen molar-refractivity contribution in [2.24, 2.45) is 0 Å². The third-order valence-electron chi connectivity index (χ3n) is 2.66. The number of anilines is 2. The van der Waals surface area contributed by atoms with Crippen molar-refractivity contribution < 1.29 is 4.79 Å². The molecule has 1 amide bonds. The zero-order valence-corrected chi connectivity index (χ0v) is 12.5. The first-order valence-corrected chi connectivity index (χ1v) is 7.32. The van der Waals surface area contributed by atoms with Crippen LogP contribution in [0, 0.1) is 0 Å². The second kappa shape index (κ2) is 5.18. The van der Waals surface area contributed by atoms with Crippen molar-refractivity contribution in [2.45, 2.75) is 0 Å². The van der Waals surface area contributed by atoms with Crippen LogP contribution in [0.3, 0.4) is 0 Å². The number of pyridine rings is 1. The van der Waals surface area contributed by atoms with Crippen LogP contribution in [0.4, 0.5) is 10.9 Å². The maximum absolute atomic E-state index is 12.2. The summed E-state index contributed by atoms with van der Waals surface area (Å²) in [7, 11) is 0. The molecule has 3 N–H and O–H groups in total. The van der Waals surface area contributed by atoms with E-state index in [1.807, 2.05) is 6.07 Å². The van der Waals surface area contributed by atoms with Crippen molar-refractivity contribution in [3.63, 3.8) is 0 Å². The van der Waals surface area contributed by atoms with Crippen molar-refractivity contribution in [3.8, 4) is 0 Å². The number of fused-ring (bicyclic) bond motifs is 1. The average Bonchev–Trinajstić information content (AvgIpc) is 2.80. The molecule has 0 bridgehead atoms. The van der Waals surface area contributed by atoms with Gasteiger partial charge in [-0.25, -0.2) is 9.97 Å². The second-order valence-electron chi connectivity index (χ2n) is 4.02. The quantitative estimate of drug-likeness (QED) is 0.744. The number of hydrogen-bond acceptors (Lipinski definition) is 5. The van der Waals surface area contributed by atoms with Crippen molar-refractivity contribution in [3.05, 3.63) is 46.6 Å². The summed E-state index contributed by atoms with van der Waals surface area (Å²) in [6.45, 7) is 0. The molecule has 0 aliphatic heterocycles. The van der Waals surface area contributed by atoms with E-state index in [2.05, 4.69) is 31.2 Å². The Bertz CT molecular complexity index is 802. The van der Waals surface area contributed by atoms with Gasteiger partial charge in [-0.1, -0.05) is 11.3 Å². The molecule has 2 heterocycles. The van der Waals surface area contributed by atoms with E-state index < -0.39 is 0 Å². The van der Waals surface area contributed by atoms with Gasteiger partial charge in [0.2, 0.25) is 0 Å². The number of carbonyl (C=O) groups excluding carboxylic acids is 1. The van der Waals surface area contributed by atoms with Crippen LogP contribution in [-0.4, -0.2) is 15.9 Å². The van der Waals surface area contributed by atoms with Crippen LogP contribution in [0.5, 0.6) is 0 Å². The highest BCUT2D eigenvalue weighted by atomic mass is 79.9. The van der Waals surface area contributed by atoms with Crippen LogP contribution in [-0.2, 0) is 0 Å². The number of nitrogens with one attached hydrogen (secondary N) is 1. The summed E-state index contributed by atoms with van der Waals surface area (Å²) in [5, 5.41) is 3.24. The van der Waals surface area contributed by atoms with E-state index >= 15 is 0 Å². The number of aromatic nitrogens is 2. The Balaban J connectivity index is 1.90. The van der Waals surface area contributed by atoms with Gasteiger partial charge in [-0.2, -0.15) is 0 Å². The minimum atomic E-state index is -0.224. The van der Waals surface area contributed by atoms with E-state index in [0.717, 1.165) is 14.7 Å². The predicted molar refractivity (Wildman–Crippen MR) is 83.9 cm³/mol. The Morgan fingerprint density at radius 2 is 2.20 bits per heavy atom. The maximum atomic E-state index is 12.2. The van der Waals surface area contributed by atoms with E-state index in [1.54, 1.807) is 30.5 Å². The van der Waals surface area contributed by atoms with Crippen molar-refractivity contribution >= 4 is 54.3 Å². The van der Waals surface area contributed by atoms with Crippen LogP contribution < -0.4 is 11.1 Å². The average molecular weight is 349 g/mol. The highest BCUT2D eigenvalue weighted by Gasteiger charge is 2.11. The zero-order chi connectivity index (χ0) is 14.1. The Morgan fingerprint density at radius 3 is 3.00 bits per heavy atom. The largest absolute Gasteiger partial charge is 0.375 e. The monoisotopic (exact) mass is 348 g/mol. The molecule has 20 heavy (non-hydrogen) atoms. The Labute approximate surface area is 127 Å². The standard InChI is InChI=1S/C13H9BrN4OS/c14-8-2-1-5-16-11(8)18-12(19)7-3-4-9-10(6-7)20-13(15)17-9/h1-6H,(H2,15,17)(H,16,18,19). The van der Waals surface area contributed by atoms with Crippen molar-refractivity contribution in [1.82, 2.24) is 9.97 Å². The van der Waals surface area contributed by atoms with Gasteiger partial charge in [0.1, 0.15) is 5.82 Å². The van der Waals surface area contributed by atoms with Gasteiger partial charge in [0, 0.05) is 11.8 Å². The molecule has 5 nitrogen and oxygen atoms in total. The zero-order valence-electron chi connectivity index (χ0n) is 10.1. The van der Waals surface area contributed by atoms with Gasteiger partial charge in [0.15, 0.2) is 5.13 Å². The second-order valence-corrected chi connectivity index (χ2v) is 5.94. The normalized spacial score (nSPS) is 10.7. The van der Waals surface area contributed by atoms with Crippen LogP contribution >= 0.6 is 27.3 Å². The third kappa shape index (κ3) is 2.50. The number of hydrogen-bond donors (Lipinski definition) is 2. The first kappa shape index (κ1) is 13.0. The van der Waals surface area contributed by atoms with Gasteiger partial charge >= 0.3 is 0 Å². The van der Waals surface area contributed by atoms with E-state index in [-0.39, 0.29) is 5.91 Å². The minimum absolute atomic E-state index is 0.224. The van der Waals surface area contributed by atoms with Gasteiger partial charge in [0.25, 0.3) is 5.91 Å². The summed E-state index contributed by atoms with van der Waals surface area (Å²) in [6, 6.07) is 8.87. The molecule has 0 atom stereocenters. The lowest BCUT2D eigenvalue weighted by Gasteiger charge is -2.05. The van der Waals surface area contributed by atoms with Gasteiger partial charge < -0.3 is 11.1 Å². The number of nitrogen functional groups attached to an aromatic ring is 1. The van der Waals surface area contributed by atoms with E-state index in [1.165, 1.54) is 11.3 Å². The molecule has 0 spiro atoms. The summed E-state index contributed by atoms with van der Waals surface area (Å²) in [5.74, 6) is 0.264. The number of amides is 1. The van der Waals surface area contributed by atoms with Gasteiger partial charge in [-0.15, -0.1) is 0 Å². The molecule has 3 rings (SSSR count). The lowest BCUT2D eigenvalue weighted by molar-refractivity contribution is 0.102. The molecular formula is C13H9BrN4OS. The van der Waals surface area contributed by atoms with Crippen LogP contribution in [0.15, 0.2) is 41.0 Å². The fraction of sp³-hybridized carbons (Fsp3) is 0. The van der Waals surface area contributed by atoms with Crippen molar-refractivity contribution in [1.29, 1.82) is 0 Å². The number of carbonyl (C=O) groups is 1. The summed E-state index contributed by atoms with van der Waals surface area (Å²) < 4.78 is 1.62. The molecule has 0 saturated carbocycles. The van der Waals surface area contributed by atoms with E-state index in [4.69, 9.17) is 5.73 Å². The number of rotatable bonds is 2. The molecule has 1 aromatic carbocycles. The summed E-state index contributed by atoms with van der Waals surface area (Å²) >= 11 is 4.69. The number of nitrogens with two attached hydrogens (primary N) is 1. The highest BCUT2D eigenvalue weighted by molar-refractivity contribution is 9.10. The highest BCUT2D eigenvalue weighted by Crippen LogP contribution is 2.25. The van der Waals surface area contributed by atoms with Crippen LogP contribution in [0.25, 0.3) is 10.2 Å². The molecular weight excluding hydrogens is 340 g/mol. The van der Waals surface area contributed by atoms with Gasteiger partial charge in [-0.05, 0) is 46.3 Å². The fourth-order valence-electron chi connectivity index (χ4n) is 1.74. The summed E-state index contributed by atoms with van der Waals surface area (Å²) in [5.41, 5.74) is 6.99. The smallest absolute Gasteiger partial charge is 0.256 e. The molecule has 3 aromatic rings. The molecule has 0 aliphatic carbocycles. The van der Waals surface area contributed by atoms with E-state index in [9.17, 15) is 4.79 Å².